The van der Waals surface area contributed by atoms with Crippen LogP contribution in [0.5, 0.6) is 0 Å². The lowest BCUT2D eigenvalue weighted by molar-refractivity contribution is -0.332. The zero-order valence-corrected chi connectivity index (χ0v) is 50.3. The number of unbranched alkanes of at least 4 members (excludes halogenated alkanes) is 29. The van der Waals surface area contributed by atoms with Gasteiger partial charge in [-0.05, 0) is 57.8 Å². The van der Waals surface area contributed by atoms with Crippen molar-refractivity contribution >= 4 is 5.97 Å². The Balaban J connectivity index is 1.67. The van der Waals surface area contributed by atoms with Crippen molar-refractivity contribution in [3.63, 3.8) is 0 Å². The first-order chi connectivity index (χ1) is 39.1. The van der Waals surface area contributed by atoms with Crippen LogP contribution in [0.1, 0.15) is 251 Å². The number of carbonyl (C=O) groups is 1. The molecule has 0 radical (unpaired) electrons. The number of hydrogen-bond donors (Lipinski definition) is 7. The van der Waals surface area contributed by atoms with E-state index in [1.165, 1.54) is 148 Å². The summed E-state index contributed by atoms with van der Waals surface area (Å²) in [5.74, 6) is -0.375. The molecule has 0 amide bonds. The second-order valence-corrected chi connectivity index (χ2v) is 22.6. The minimum atomic E-state index is -1.71. The first-order valence-corrected chi connectivity index (χ1v) is 32.4. The molecule has 11 atom stereocenters. The van der Waals surface area contributed by atoms with Crippen molar-refractivity contribution < 1.29 is 69.0 Å². The van der Waals surface area contributed by atoms with E-state index in [1.54, 1.807) is 0 Å². The highest BCUT2D eigenvalue weighted by Gasteiger charge is 2.47. The van der Waals surface area contributed by atoms with Gasteiger partial charge >= 0.3 is 5.97 Å². The van der Waals surface area contributed by atoms with Crippen LogP contribution in [-0.4, -0.2) is 142 Å². The maximum absolute atomic E-state index is 13.1. The van der Waals surface area contributed by atoms with Crippen LogP contribution in [-0.2, 0) is 33.2 Å². The minimum Gasteiger partial charge on any atom is -0.457 e. The van der Waals surface area contributed by atoms with Gasteiger partial charge < -0.3 is 64.2 Å². The second kappa shape index (κ2) is 52.3. The summed E-state index contributed by atoms with van der Waals surface area (Å²) < 4.78 is 34.5. The van der Waals surface area contributed by atoms with E-state index in [-0.39, 0.29) is 25.6 Å². The number of hydrogen-bond acceptors (Lipinski definition) is 14. The van der Waals surface area contributed by atoms with Crippen LogP contribution < -0.4 is 0 Å². The molecule has 2 rings (SSSR count). The third-order valence-electron chi connectivity index (χ3n) is 15.3. The number of rotatable bonds is 53. The van der Waals surface area contributed by atoms with Crippen LogP contribution in [0.4, 0.5) is 0 Å². The number of ether oxygens (including phenoxy) is 6. The van der Waals surface area contributed by atoms with Crippen molar-refractivity contribution in [2.75, 3.05) is 33.0 Å². The van der Waals surface area contributed by atoms with E-state index in [0.717, 1.165) is 77.0 Å². The Labute approximate surface area is 485 Å². The lowest BCUT2D eigenvalue weighted by Crippen LogP contribution is -2.61. The zero-order chi connectivity index (χ0) is 57.9. The van der Waals surface area contributed by atoms with E-state index in [0.29, 0.717) is 13.0 Å². The fourth-order valence-corrected chi connectivity index (χ4v) is 10.1. The molecule has 0 bridgehead atoms. The first kappa shape index (κ1) is 73.8. The molecule has 2 aliphatic rings. The van der Waals surface area contributed by atoms with Crippen molar-refractivity contribution in [1.29, 1.82) is 0 Å². The van der Waals surface area contributed by atoms with Crippen LogP contribution in [0, 0.1) is 0 Å². The van der Waals surface area contributed by atoms with Crippen LogP contribution >= 0.6 is 0 Å². The van der Waals surface area contributed by atoms with Gasteiger partial charge in [-0.25, -0.2) is 0 Å². The van der Waals surface area contributed by atoms with Gasteiger partial charge in [0, 0.05) is 13.0 Å². The molecule has 2 fully saturated rings. The van der Waals surface area contributed by atoms with E-state index in [4.69, 9.17) is 28.4 Å². The Bertz CT molecular complexity index is 1550. The van der Waals surface area contributed by atoms with Gasteiger partial charge in [0.2, 0.25) is 0 Å². The normalized spacial score (nSPS) is 24.2. The Morgan fingerprint density at radius 1 is 0.425 bits per heavy atom. The van der Waals surface area contributed by atoms with Crippen molar-refractivity contribution in [2.24, 2.45) is 0 Å². The molecule has 14 nitrogen and oxygen atoms in total. The summed E-state index contributed by atoms with van der Waals surface area (Å²) in [6.07, 6.45) is 50.0. The van der Waals surface area contributed by atoms with Crippen LogP contribution in [0.2, 0.25) is 0 Å². The van der Waals surface area contributed by atoms with E-state index in [9.17, 15) is 40.5 Å². The topological polar surface area (TPSA) is 214 Å². The third-order valence-corrected chi connectivity index (χ3v) is 15.3. The zero-order valence-electron chi connectivity index (χ0n) is 50.3. The summed E-state index contributed by atoms with van der Waals surface area (Å²) >= 11 is 0. The molecule has 0 aromatic heterocycles. The van der Waals surface area contributed by atoms with E-state index in [1.807, 2.05) is 0 Å². The number of aliphatic hydroxyl groups excluding tert-OH is 7. The Hall–Kier alpha value is -2.31. The largest absolute Gasteiger partial charge is 0.457 e. The van der Waals surface area contributed by atoms with Crippen molar-refractivity contribution in [1.82, 2.24) is 0 Å². The quantitative estimate of drug-likeness (QED) is 0.0172. The fraction of sp³-hybridized carbons (Fsp3) is 0.833. The molecule has 2 aliphatic heterocycles. The average molecular weight is 1140 g/mol. The number of esters is 1. The average Bonchev–Trinajstić information content (AvgIpc) is 3.52. The summed E-state index contributed by atoms with van der Waals surface area (Å²) in [5.41, 5.74) is 0. The Kier molecular flexibility index (Phi) is 48.2. The van der Waals surface area contributed by atoms with Gasteiger partial charge in [-0.1, -0.05) is 248 Å². The molecule has 2 heterocycles. The molecule has 7 N–H and O–H groups in total. The molecule has 0 spiro atoms. The monoisotopic (exact) mass is 1130 g/mol. The second-order valence-electron chi connectivity index (χ2n) is 22.6. The van der Waals surface area contributed by atoms with E-state index < -0.39 is 80.7 Å². The highest BCUT2D eigenvalue weighted by molar-refractivity contribution is 5.69. The Morgan fingerprint density at radius 2 is 0.812 bits per heavy atom. The summed E-state index contributed by atoms with van der Waals surface area (Å²) in [6.45, 7) is 3.60. The van der Waals surface area contributed by atoms with Gasteiger partial charge in [0.25, 0.3) is 0 Å². The van der Waals surface area contributed by atoms with Crippen molar-refractivity contribution in [2.45, 2.75) is 319 Å². The molecular weight excluding hydrogens is 1020 g/mol. The predicted molar refractivity (Wildman–Crippen MR) is 321 cm³/mol. The SMILES string of the molecule is CC/C=C\C/C=C\C/C=C\C/C=C\C/C=C\CCCCCCCCCCOCC(COC1OC(COC2OC(CO)C(O)C(O)C2O)C(O)C(O)C1O)OC(=O)CCCCCCCCCCCCCCCCCCCCCCCC. The smallest absolute Gasteiger partial charge is 0.306 e. The summed E-state index contributed by atoms with van der Waals surface area (Å²) in [6, 6.07) is 0. The predicted octanol–water partition coefficient (Wildman–Crippen LogP) is 12.8. The van der Waals surface area contributed by atoms with Gasteiger partial charge in [0.05, 0.1) is 26.4 Å². The molecule has 0 aliphatic carbocycles. The number of aliphatic hydroxyl groups is 7. The van der Waals surface area contributed by atoms with Gasteiger partial charge in [0.15, 0.2) is 12.6 Å². The highest BCUT2D eigenvalue weighted by Crippen LogP contribution is 2.27. The van der Waals surface area contributed by atoms with Gasteiger partial charge in [-0.15, -0.1) is 0 Å². The van der Waals surface area contributed by atoms with Crippen molar-refractivity contribution in [3.05, 3.63) is 60.8 Å². The number of allylic oxidation sites excluding steroid dienone is 10. The molecule has 0 saturated carbocycles. The molecule has 2 saturated heterocycles. The molecule has 11 unspecified atom stereocenters. The minimum absolute atomic E-state index is 0.0562. The summed E-state index contributed by atoms with van der Waals surface area (Å²) in [5, 5.41) is 72.5. The van der Waals surface area contributed by atoms with Gasteiger partial charge in [0.1, 0.15) is 54.9 Å². The highest BCUT2D eigenvalue weighted by atomic mass is 16.7. The fourth-order valence-electron chi connectivity index (χ4n) is 10.1. The van der Waals surface area contributed by atoms with Crippen molar-refractivity contribution in [3.8, 4) is 0 Å². The van der Waals surface area contributed by atoms with Crippen LogP contribution in [0.15, 0.2) is 60.8 Å². The maximum Gasteiger partial charge on any atom is 0.306 e. The molecular formula is C66H118O14. The summed E-state index contributed by atoms with van der Waals surface area (Å²) in [4.78, 5) is 13.1. The lowest BCUT2D eigenvalue weighted by Gasteiger charge is -2.42. The van der Waals surface area contributed by atoms with E-state index >= 15 is 0 Å². The van der Waals surface area contributed by atoms with Gasteiger partial charge in [-0.3, -0.25) is 4.79 Å². The first-order valence-electron chi connectivity index (χ1n) is 32.4. The van der Waals surface area contributed by atoms with Crippen LogP contribution in [0.3, 0.4) is 0 Å². The van der Waals surface area contributed by atoms with E-state index in [2.05, 4.69) is 74.6 Å². The molecule has 0 aromatic rings. The molecule has 80 heavy (non-hydrogen) atoms. The maximum atomic E-state index is 13.1. The molecule has 0 aromatic carbocycles. The van der Waals surface area contributed by atoms with Gasteiger partial charge in [-0.2, -0.15) is 0 Å². The number of carbonyl (C=O) groups excluding carboxylic acids is 1. The summed E-state index contributed by atoms with van der Waals surface area (Å²) in [7, 11) is 0. The lowest BCUT2D eigenvalue weighted by atomic mass is 9.98. The van der Waals surface area contributed by atoms with Crippen LogP contribution in [0.25, 0.3) is 0 Å². The molecule has 466 valence electrons. The molecule has 14 heteroatoms. The third kappa shape index (κ3) is 37.8. The Morgan fingerprint density at radius 3 is 1.27 bits per heavy atom. The standard InChI is InChI=1S/C66H118O14/c1-3-5-7-9-11-13-15-17-19-21-23-25-27-28-30-32-34-36-38-40-42-44-46-48-50-75-52-55(53-76-65-64(74)62(72)60(70)57(80-65)54-77-66-63(73)61(71)59(69)56(51-67)79-66)78-58(68)49-47-45-43-41-39-37-35-33-31-29-26-24-22-20-18-16-14-12-10-8-6-4-2/h5,7,11,13,17,19,23,25,28,30,55-57,59-67,69-74H,3-4,6,8-10,12,14-16,18,20-22,24,26-27,29,31-54H2,1-2H3/b7-5-,13-11-,19-17-,25-23-,30-28-.